The van der Waals surface area contributed by atoms with Gasteiger partial charge in [0.1, 0.15) is 171 Å². The summed E-state index contributed by atoms with van der Waals surface area (Å²) in [4.78, 5) is 38.0. The first-order valence-corrected chi connectivity index (χ1v) is 27.6. The van der Waals surface area contributed by atoms with Gasteiger partial charge in [-0.2, -0.15) is 0 Å². The maximum absolute atomic E-state index is 13.0. The van der Waals surface area contributed by atoms with Crippen LogP contribution in [0, 0.1) is 0 Å². The number of carbonyl (C=O) groups is 3. The van der Waals surface area contributed by atoms with Crippen molar-refractivity contribution in [2.24, 2.45) is 0 Å². The Kier molecular flexibility index (Phi) is 25.6. The van der Waals surface area contributed by atoms with Gasteiger partial charge < -0.3 is 180 Å². The number of aliphatic hydroxyl groups excluding tert-OH is 20. The van der Waals surface area contributed by atoms with E-state index in [1.165, 1.54) is 0 Å². The van der Waals surface area contributed by atoms with Gasteiger partial charge >= 0.3 is 0 Å². The van der Waals surface area contributed by atoms with Gasteiger partial charge in [-0.25, -0.2) is 0 Å². The van der Waals surface area contributed by atoms with E-state index in [4.69, 9.17) is 61.6 Å². The molecule has 7 saturated heterocycles. The van der Waals surface area contributed by atoms with Gasteiger partial charge in [0.25, 0.3) is 0 Å². The minimum atomic E-state index is -2.35. The number of nitrogens with one attached hydrogen (secondary N) is 3. The molecule has 0 aliphatic carbocycles. The largest absolute Gasteiger partial charge is 0.394 e. The zero-order chi connectivity index (χ0) is 64.2. The summed E-state index contributed by atoms with van der Waals surface area (Å²) in [5.74, 6) is -2.62. The molecule has 0 aromatic rings. The lowest BCUT2D eigenvalue weighted by atomic mass is 9.93. The van der Waals surface area contributed by atoms with Crippen molar-refractivity contribution >= 4 is 17.7 Å². The number of amides is 3. The second-order valence-electron chi connectivity index (χ2n) is 21.8. The van der Waals surface area contributed by atoms with Crippen molar-refractivity contribution in [3.8, 4) is 0 Å². The van der Waals surface area contributed by atoms with Gasteiger partial charge in [-0.05, 0) is 0 Å². The Hall–Kier alpha value is -2.91. The van der Waals surface area contributed by atoms with Crippen LogP contribution in [0.4, 0.5) is 0 Å². The molecule has 7 heterocycles. The Bertz CT molecular complexity index is 2190. The third-order valence-electron chi connectivity index (χ3n) is 15.8. The van der Waals surface area contributed by atoms with Crippen LogP contribution < -0.4 is 16.0 Å². The van der Waals surface area contributed by atoms with E-state index in [-0.39, 0.29) is 0 Å². The standard InChI is InChI=1S/C48H81N3O36/c1-11(59)49-21-30(68)24(62)14(4-52)76-43(21)85-39-27(65)18(8-56)80-47(34(39)72)83-37-23(51-13(3)61)45(78-16(6-54)25(37)63)87-41-29(67)19(9-57)81-48(35(41)73)84-38-22(50-12(2)60)44(77-15(5-53)26(38)64)86-40-28(66)17(7-55)79-46(33(40)71)82-36-20(10-58)75-42(74)32(70)31(36)69/h14-48,52-58,62-74H,4-10H2,1-3H3,(H,49,59)(H,50,60)(H,51,61)/t14-,15-,16-,17-,18-,19-,20-,21-,22-,23-,24+,25-,26-,27+,28+,29+,30-,31-,32-,33-,34-,35-,36-,37-,38-,39+,40+,41+,42-,43-,44+,45+,46+,47+,48+/m1/s1. The molecule has 0 bridgehead atoms. The Morgan fingerprint density at radius 3 is 0.839 bits per heavy atom. The molecule has 504 valence electrons. The first-order chi connectivity index (χ1) is 41.2. The van der Waals surface area contributed by atoms with Crippen molar-refractivity contribution in [2.45, 2.75) is 236 Å². The molecule has 39 nitrogen and oxygen atoms in total. The fraction of sp³-hybridized carbons (Fsp3) is 0.938. The average Bonchev–Trinajstić information content (AvgIpc) is 1.64. The molecule has 87 heavy (non-hydrogen) atoms. The highest BCUT2D eigenvalue weighted by Crippen LogP contribution is 2.38. The fourth-order valence-electron chi connectivity index (χ4n) is 11.2. The molecule has 7 rings (SSSR count). The van der Waals surface area contributed by atoms with Gasteiger partial charge in [0, 0.05) is 20.8 Å². The summed E-state index contributed by atoms with van der Waals surface area (Å²) in [6.07, 6.45) is -63.2. The lowest BCUT2D eigenvalue weighted by Crippen LogP contribution is -2.71. The zero-order valence-electron chi connectivity index (χ0n) is 46.6. The predicted octanol–water partition coefficient (Wildman–Crippen LogP) is -15.8. The van der Waals surface area contributed by atoms with Crippen molar-refractivity contribution in [2.75, 3.05) is 46.2 Å². The molecule has 0 aromatic heterocycles. The third kappa shape index (κ3) is 15.6. The Balaban J connectivity index is 1.15. The molecule has 0 spiro atoms. The number of aliphatic hydroxyl groups is 20. The monoisotopic (exact) mass is 1280 g/mol. The highest BCUT2D eigenvalue weighted by Gasteiger charge is 2.59. The first-order valence-electron chi connectivity index (χ1n) is 27.6. The number of hydrogen-bond acceptors (Lipinski definition) is 36. The van der Waals surface area contributed by atoms with Crippen molar-refractivity contribution in [3.63, 3.8) is 0 Å². The van der Waals surface area contributed by atoms with Crippen LogP contribution in [0.1, 0.15) is 20.8 Å². The van der Waals surface area contributed by atoms with Gasteiger partial charge in [-0.1, -0.05) is 0 Å². The molecule has 7 aliphatic rings. The van der Waals surface area contributed by atoms with Crippen LogP contribution >= 0.6 is 0 Å². The first kappa shape index (κ1) is 71.5. The van der Waals surface area contributed by atoms with Crippen LogP contribution in [0.25, 0.3) is 0 Å². The highest BCUT2D eigenvalue weighted by molar-refractivity contribution is 5.74. The van der Waals surface area contributed by atoms with Crippen molar-refractivity contribution in [3.05, 3.63) is 0 Å². The molecule has 7 fully saturated rings. The number of hydrogen-bond donors (Lipinski definition) is 23. The van der Waals surface area contributed by atoms with E-state index in [0.717, 1.165) is 20.8 Å². The summed E-state index contributed by atoms with van der Waals surface area (Å²) in [5, 5.41) is 224. The number of carbonyl (C=O) groups excluding carboxylic acids is 3. The van der Waals surface area contributed by atoms with Crippen LogP contribution in [-0.4, -0.2) is 381 Å². The van der Waals surface area contributed by atoms with Crippen LogP contribution in [0.5, 0.6) is 0 Å². The van der Waals surface area contributed by atoms with E-state index in [2.05, 4.69) is 16.0 Å². The lowest BCUT2D eigenvalue weighted by molar-refractivity contribution is -0.387. The molecule has 39 heteroatoms. The van der Waals surface area contributed by atoms with Crippen molar-refractivity contribution < 1.29 is 178 Å². The topological polar surface area (TPSA) is 612 Å². The van der Waals surface area contributed by atoms with Gasteiger partial charge in [0.15, 0.2) is 44.0 Å². The molecular weight excluding hydrogens is 1190 g/mol. The van der Waals surface area contributed by atoms with E-state index in [0.29, 0.717) is 0 Å². The van der Waals surface area contributed by atoms with Crippen molar-refractivity contribution in [1.82, 2.24) is 16.0 Å². The summed E-state index contributed by atoms with van der Waals surface area (Å²) < 4.78 is 75.1. The van der Waals surface area contributed by atoms with E-state index in [1.807, 2.05) is 0 Å². The van der Waals surface area contributed by atoms with Gasteiger partial charge in [0.2, 0.25) is 17.7 Å². The van der Waals surface area contributed by atoms with Crippen LogP contribution in [-0.2, 0) is 76.0 Å². The Morgan fingerprint density at radius 1 is 0.276 bits per heavy atom. The second-order valence-corrected chi connectivity index (χ2v) is 21.8. The lowest BCUT2D eigenvalue weighted by Gasteiger charge is -2.51. The van der Waals surface area contributed by atoms with E-state index < -0.39 is 279 Å². The average molecular weight is 1280 g/mol. The van der Waals surface area contributed by atoms with Crippen LogP contribution in [0.3, 0.4) is 0 Å². The highest BCUT2D eigenvalue weighted by atomic mass is 16.8. The fourth-order valence-corrected chi connectivity index (χ4v) is 11.2. The Morgan fingerprint density at radius 2 is 0.529 bits per heavy atom. The maximum Gasteiger partial charge on any atom is 0.217 e. The van der Waals surface area contributed by atoms with E-state index in [1.54, 1.807) is 0 Å². The molecular formula is C48H81N3O36. The van der Waals surface area contributed by atoms with E-state index in [9.17, 15) is 117 Å². The third-order valence-corrected chi connectivity index (χ3v) is 15.8. The molecule has 0 saturated carbocycles. The van der Waals surface area contributed by atoms with Gasteiger partial charge in [-0.15, -0.1) is 0 Å². The molecule has 3 amide bonds. The molecule has 0 unspecified atom stereocenters. The quantitative estimate of drug-likeness (QED) is 0.0479. The second kappa shape index (κ2) is 31.1. The summed E-state index contributed by atoms with van der Waals surface area (Å²) in [6, 6.07) is -5.38. The summed E-state index contributed by atoms with van der Waals surface area (Å²) in [6.45, 7) is -4.21. The minimum Gasteiger partial charge on any atom is -0.394 e. The number of rotatable bonds is 22. The normalized spacial score (nSPS) is 48.9. The zero-order valence-corrected chi connectivity index (χ0v) is 46.6. The summed E-state index contributed by atoms with van der Waals surface area (Å²) in [7, 11) is 0. The molecule has 7 aliphatic heterocycles. The maximum atomic E-state index is 13.0. The number of ether oxygens (including phenoxy) is 13. The predicted molar refractivity (Wildman–Crippen MR) is 267 cm³/mol. The van der Waals surface area contributed by atoms with Crippen LogP contribution in [0.2, 0.25) is 0 Å². The smallest absolute Gasteiger partial charge is 0.217 e. The Labute approximate surface area is 492 Å². The molecule has 35 atom stereocenters. The summed E-state index contributed by atoms with van der Waals surface area (Å²) >= 11 is 0. The summed E-state index contributed by atoms with van der Waals surface area (Å²) in [5.41, 5.74) is 0. The van der Waals surface area contributed by atoms with E-state index >= 15 is 0 Å². The molecule has 0 radical (unpaired) electrons. The van der Waals surface area contributed by atoms with Crippen molar-refractivity contribution in [1.29, 1.82) is 0 Å². The molecule has 0 aromatic carbocycles. The minimum absolute atomic E-state index is 0.778. The molecule has 23 N–H and O–H groups in total. The SMILES string of the molecule is CC(=O)N[C@H]1[C@@H](O[C@H]2[C@@H](O)[C@@H](CO)O[C@@H](O[C@H]3[C@H](O)[C@@H](CO)O[C@@H](O[C@H]4[C@@H](O)[C@@H](CO)O[C@@H](O[C@H]5[C@H](O)[C@@H](CO)O[C@@H](O[C@H]6[C@@H](O)[C@@H](CO)O[C@@H](O[C@H]7[C@H](O)[C@@H](O)[C@H](O)O[C@@H]7CO)[C@@H]6O)[C@@H]5NC(C)=O)[C@@H]4O)[C@@H]3NC(C)=O)[C@@H]2O)O[C@H](CO)[C@H](O)[C@@H]1O. The van der Waals surface area contributed by atoms with Gasteiger partial charge in [-0.3, -0.25) is 14.4 Å². The van der Waals surface area contributed by atoms with Gasteiger partial charge in [0.05, 0.1) is 46.2 Å². The van der Waals surface area contributed by atoms with Crippen LogP contribution in [0.15, 0.2) is 0 Å².